The predicted octanol–water partition coefficient (Wildman–Crippen LogP) is 1.89. The Bertz CT molecular complexity index is 397. The first kappa shape index (κ1) is 14.1. The predicted molar refractivity (Wildman–Crippen MR) is 67.2 cm³/mol. The fraction of sp³-hybridized carbons (Fsp3) is 0.364. The maximum Gasteiger partial charge on any atom is 0.227 e. The number of ether oxygens (including phenoxy) is 1. The molecule has 3 N–H and O–H groups in total. The molecule has 1 unspecified atom stereocenters. The SMILES string of the molecule is COC(CN)CC(=O)Nc1cc(Br)ccc1F. The van der Waals surface area contributed by atoms with E-state index < -0.39 is 5.82 Å². The van der Waals surface area contributed by atoms with Crippen LogP contribution in [-0.4, -0.2) is 25.7 Å². The van der Waals surface area contributed by atoms with Gasteiger partial charge in [0, 0.05) is 18.1 Å². The third-order valence-electron chi connectivity index (χ3n) is 2.21. The molecule has 0 fully saturated rings. The summed E-state index contributed by atoms with van der Waals surface area (Å²) in [6, 6.07) is 4.33. The van der Waals surface area contributed by atoms with Crippen molar-refractivity contribution in [2.45, 2.75) is 12.5 Å². The number of amides is 1. The number of carbonyl (C=O) groups is 1. The van der Waals surface area contributed by atoms with Crippen LogP contribution in [-0.2, 0) is 9.53 Å². The number of halogens is 2. The number of hydrogen-bond acceptors (Lipinski definition) is 3. The zero-order valence-corrected chi connectivity index (χ0v) is 11.0. The summed E-state index contributed by atoms with van der Waals surface area (Å²) in [6.07, 6.45) is -0.260. The highest BCUT2D eigenvalue weighted by Crippen LogP contribution is 2.20. The average molecular weight is 305 g/mol. The Kier molecular flexibility index (Phi) is 5.54. The molecule has 0 aromatic heterocycles. The standard InChI is InChI=1S/C11H14BrFN2O2/c1-17-8(6-14)5-11(16)15-10-4-7(12)2-3-9(10)13/h2-4,8H,5-6,14H2,1H3,(H,15,16). The van der Waals surface area contributed by atoms with Crippen LogP contribution in [0.3, 0.4) is 0 Å². The van der Waals surface area contributed by atoms with E-state index in [1.54, 1.807) is 6.07 Å². The number of benzene rings is 1. The molecule has 17 heavy (non-hydrogen) atoms. The monoisotopic (exact) mass is 304 g/mol. The molecule has 0 aliphatic rings. The van der Waals surface area contributed by atoms with E-state index in [0.29, 0.717) is 4.47 Å². The van der Waals surface area contributed by atoms with Gasteiger partial charge in [0.05, 0.1) is 18.2 Å². The first-order valence-electron chi connectivity index (χ1n) is 5.04. The van der Waals surface area contributed by atoms with Crippen molar-refractivity contribution in [2.24, 2.45) is 5.73 Å². The molecule has 94 valence electrons. The minimum absolute atomic E-state index is 0.0962. The van der Waals surface area contributed by atoms with Gasteiger partial charge in [0.1, 0.15) is 5.82 Å². The second-order valence-electron chi connectivity index (χ2n) is 3.47. The van der Waals surface area contributed by atoms with E-state index in [4.69, 9.17) is 10.5 Å². The van der Waals surface area contributed by atoms with Crippen molar-refractivity contribution in [3.05, 3.63) is 28.5 Å². The van der Waals surface area contributed by atoms with Crippen LogP contribution in [0, 0.1) is 5.82 Å². The summed E-state index contributed by atoms with van der Waals surface area (Å²) in [7, 11) is 1.48. The minimum Gasteiger partial charge on any atom is -0.380 e. The van der Waals surface area contributed by atoms with Gasteiger partial charge in [-0.1, -0.05) is 15.9 Å². The number of methoxy groups -OCH3 is 1. The van der Waals surface area contributed by atoms with Gasteiger partial charge in [-0.3, -0.25) is 4.79 Å². The third-order valence-corrected chi connectivity index (χ3v) is 2.71. The van der Waals surface area contributed by atoms with Crippen molar-refractivity contribution in [3.63, 3.8) is 0 Å². The highest BCUT2D eigenvalue weighted by atomic mass is 79.9. The van der Waals surface area contributed by atoms with Crippen LogP contribution >= 0.6 is 15.9 Å². The first-order chi connectivity index (χ1) is 8.06. The van der Waals surface area contributed by atoms with E-state index in [0.717, 1.165) is 0 Å². The van der Waals surface area contributed by atoms with Gasteiger partial charge in [0.15, 0.2) is 0 Å². The smallest absolute Gasteiger partial charge is 0.227 e. The molecule has 0 aliphatic heterocycles. The Balaban J connectivity index is 2.64. The van der Waals surface area contributed by atoms with Gasteiger partial charge in [-0.15, -0.1) is 0 Å². The molecular formula is C11H14BrFN2O2. The molecule has 1 amide bonds. The molecule has 6 heteroatoms. The average Bonchev–Trinajstić information content (AvgIpc) is 2.31. The van der Waals surface area contributed by atoms with Crippen molar-refractivity contribution >= 4 is 27.5 Å². The summed E-state index contributed by atoms with van der Waals surface area (Å²) in [4.78, 5) is 11.6. The molecule has 1 rings (SSSR count). The summed E-state index contributed by atoms with van der Waals surface area (Å²) >= 11 is 3.20. The van der Waals surface area contributed by atoms with Crippen LogP contribution in [0.2, 0.25) is 0 Å². The van der Waals surface area contributed by atoms with Crippen LogP contribution in [0.15, 0.2) is 22.7 Å². The molecule has 1 aromatic rings. The second kappa shape index (κ2) is 6.68. The fourth-order valence-electron chi connectivity index (χ4n) is 1.26. The maximum atomic E-state index is 13.3. The summed E-state index contributed by atoms with van der Waals surface area (Å²) in [5, 5.41) is 2.47. The van der Waals surface area contributed by atoms with Gasteiger partial charge in [0.25, 0.3) is 0 Å². The number of nitrogens with two attached hydrogens (primary N) is 1. The van der Waals surface area contributed by atoms with Gasteiger partial charge in [-0.05, 0) is 18.2 Å². The summed E-state index contributed by atoms with van der Waals surface area (Å²) in [5.41, 5.74) is 5.53. The van der Waals surface area contributed by atoms with E-state index in [9.17, 15) is 9.18 Å². The number of rotatable bonds is 5. The molecule has 1 atom stereocenters. The van der Waals surface area contributed by atoms with Crippen LogP contribution in [0.1, 0.15) is 6.42 Å². The zero-order chi connectivity index (χ0) is 12.8. The van der Waals surface area contributed by atoms with Crippen LogP contribution in [0.25, 0.3) is 0 Å². The Labute approximate surface area is 107 Å². The van der Waals surface area contributed by atoms with E-state index in [1.807, 2.05) is 0 Å². The highest BCUT2D eigenvalue weighted by Gasteiger charge is 2.13. The van der Waals surface area contributed by atoms with Crippen molar-refractivity contribution in [3.8, 4) is 0 Å². The zero-order valence-electron chi connectivity index (χ0n) is 9.37. The Morgan fingerprint density at radius 3 is 2.94 bits per heavy atom. The van der Waals surface area contributed by atoms with Gasteiger partial charge in [-0.25, -0.2) is 4.39 Å². The highest BCUT2D eigenvalue weighted by molar-refractivity contribution is 9.10. The summed E-state index contributed by atoms with van der Waals surface area (Å²) in [5.74, 6) is -0.817. The molecule has 0 bridgehead atoms. The van der Waals surface area contributed by atoms with Crippen LogP contribution in [0.5, 0.6) is 0 Å². The molecule has 0 heterocycles. The van der Waals surface area contributed by atoms with Crippen molar-refractivity contribution in [2.75, 3.05) is 19.0 Å². The van der Waals surface area contributed by atoms with Gasteiger partial charge in [0.2, 0.25) is 5.91 Å². The summed E-state index contributed by atoms with van der Waals surface area (Å²) in [6.45, 7) is 0.241. The molecule has 0 saturated carbocycles. The van der Waals surface area contributed by atoms with Crippen molar-refractivity contribution < 1.29 is 13.9 Å². The van der Waals surface area contributed by atoms with Gasteiger partial charge < -0.3 is 15.8 Å². The third kappa shape index (κ3) is 4.41. The topological polar surface area (TPSA) is 64.3 Å². The fourth-order valence-corrected chi connectivity index (χ4v) is 1.63. The lowest BCUT2D eigenvalue weighted by atomic mass is 10.2. The number of hydrogen-bond donors (Lipinski definition) is 2. The minimum atomic E-state index is -0.483. The van der Waals surface area contributed by atoms with Crippen LogP contribution in [0.4, 0.5) is 10.1 Å². The molecule has 0 saturated heterocycles. The summed E-state index contributed by atoms with van der Waals surface area (Å²) < 4.78 is 19.0. The largest absolute Gasteiger partial charge is 0.380 e. The number of carbonyl (C=O) groups excluding carboxylic acids is 1. The van der Waals surface area contributed by atoms with Crippen molar-refractivity contribution in [1.29, 1.82) is 0 Å². The molecular weight excluding hydrogens is 291 g/mol. The Hall–Kier alpha value is -0.980. The van der Waals surface area contributed by atoms with Gasteiger partial charge >= 0.3 is 0 Å². The Morgan fingerprint density at radius 2 is 2.35 bits per heavy atom. The second-order valence-corrected chi connectivity index (χ2v) is 4.39. The lowest BCUT2D eigenvalue weighted by molar-refractivity contribution is -0.118. The lowest BCUT2D eigenvalue weighted by Crippen LogP contribution is -2.28. The molecule has 1 aromatic carbocycles. The maximum absolute atomic E-state index is 13.3. The van der Waals surface area contributed by atoms with E-state index in [2.05, 4.69) is 21.2 Å². The van der Waals surface area contributed by atoms with E-state index in [-0.39, 0.29) is 30.7 Å². The molecule has 4 nitrogen and oxygen atoms in total. The van der Waals surface area contributed by atoms with Crippen molar-refractivity contribution in [1.82, 2.24) is 0 Å². The Morgan fingerprint density at radius 1 is 1.65 bits per heavy atom. The first-order valence-corrected chi connectivity index (χ1v) is 5.84. The number of nitrogens with one attached hydrogen (secondary N) is 1. The number of anilines is 1. The molecule has 0 spiro atoms. The normalized spacial score (nSPS) is 12.2. The van der Waals surface area contributed by atoms with Crippen LogP contribution < -0.4 is 11.1 Å². The van der Waals surface area contributed by atoms with E-state index >= 15 is 0 Å². The van der Waals surface area contributed by atoms with Gasteiger partial charge in [-0.2, -0.15) is 0 Å². The quantitative estimate of drug-likeness (QED) is 0.873. The molecule has 0 radical (unpaired) electrons. The van der Waals surface area contributed by atoms with E-state index in [1.165, 1.54) is 19.2 Å². The molecule has 0 aliphatic carbocycles. The lowest BCUT2D eigenvalue weighted by Gasteiger charge is -2.13.